The number of ether oxygens (including phenoxy) is 2. The quantitative estimate of drug-likeness (QED) is 0.619. The number of H-pyrrole nitrogens is 1. The molecule has 2 rings (SSSR count). The van der Waals surface area contributed by atoms with Crippen molar-refractivity contribution in [2.75, 3.05) is 19.6 Å². The van der Waals surface area contributed by atoms with E-state index in [1.165, 1.54) is 0 Å². The molecule has 0 bridgehead atoms. The van der Waals surface area contributed by atoms with Gasteiger partial charge in [-0.05, 0) is 31.5 Å². The Bertz CT molecular complexity index is 770. The van der Waals surface area contributed by atoms with Gasteiger partial charge < -0.3 is 9.47 Å². The number of hydrazone groups is 1. The van der Waals surface area contributed by atoms with E-state index < -0.39 is 0 Å². The number of aromatic amines is 1. The maximum Gasteiger partial charge on any atom is 0.274 e. The zero-order chi connectivity index (χ0) is 16.8. The van der Waals surface area contributed by atoms with E-state index in [-0.39, 0.29) is 11.5 Å². The molecule has 0 atom stereocenters. The van der Waals surface area contributed by atoms with Gasteiger partial charge >= 0.3 is 0 Å². The summed E-state index contributed by atoms with van der Waals surface area (Å²) in [5.41, 5.74) is 4.53. The molecule has 8 heteroatoms. The summed E-state index contributed by atoms with van der Waals surface area (Å²) in [7, 11) is 3.19. The zero-order valence-corrected chi connectivity index (χ0v) is 13.5. The molecule has 0 saturated heterocycles. The number of nitrogens with zero attached hydrogens (tertiary/aromatic N) is 3. The number of hydrogen-bond donors (Lipinski definition) is 2. The lowest BCUT2D eigenvalue weighted by Crippen LogP contribution is -2.16. The molecule has 0 spiro atoms. The van der Waals surface area contributed by atoms with Gasteiger partial charge in [-0.1, -0.05) is 6.07 Å². The van der Waals surface area contributed by atoms with Gasteiger partial charge in [-0.25, -0.2) is 5.43 Å². The highest BCUT2D eigenvalue weighted by Gasteiger charge is 2.06. The summed E-state index contributed by atoms with van der Waals surface area (Å²) in [6.45, 7) is 3.45. The van der Waals surface area contributed by atoms with E-state index in [0.717, 1.165) is 11.3 Å². The second-order valence-corrected chi connectivity index (χ2v) is 4.91. The first-order valence-electron chi connectivity index (χ1n) is 6.97. The summed E-state index contributed by atoms with van der Waals surface area (Å²) >= 11 is 0. The minimum absolute atomic E-state index is 0.201. The number of nitrogens with one attached hydrogen (secondary N) is 2. The first kappa shape index (κ1) is 16.5. The molecule has 0 saturated carbocycles. The van der Waals surface area contributed by atoms with Crippen molar-refractivity contribution in [2.45, 2.75) is 20.3 Å². The summed E-state index contributed by atoms with van der Waals surface area (Å²) in [5, 5.41) is 11.7. The van der Waals surface area contributed by atoms with Crippen LogP contribution in [0.5, 0.6) is 11.5 Å². The number of hydrogen-bond acceptors (Lipinski definition) is 7. The zero-order valence-electron chi connectivity index (χ0n) is 13.5. The standard InChI is InChI=1S/C15H19N5O3/c1-9(17-19-15-16-14(21)10(2)18-20-15)7-11-5-6-12(22-3)13(8-11)23-4/h5-6,8H,7H2,1-4H3,(H2,16,19,20,21)/b17-9-. The van der Waals surface area contributed by atoms with Crippen LogP contribution >= 0.6 is 0 Å². The van der Waals surface area contributed by atoms with Crippen LogP contribution in [0.25, 0.3) is 0 Å². The third-order valence-electron chi connectivity index (χ3n) is 3.12. The third kappa shape index (κ3) is 4.29. The first-order chi connectivity index (χ1) is 11.0. The average Bonchev–Trinajstić information content (AvgIpc) is 2.55. The molecule has 0 aliphatic rings. The molecule has 0 radical (unpaired) electrons. The van der Waals surface area contributed by atoms with E-state index in [4.69, 9.17) is 9.47 Å². The van der Waals surface area contributed by atoms with Crippen molar-refractivity contribution in [1.29, 1.82) is 0 Å². The molecule has 0 amide bonds. The topological polar surface area (TPSA) is 101 Å². The molecule has 1 heterocycles. The van der Waals surface area contributed by atoms with Gasteiger partial charge in [0, 0.05) is 12.1 Å². The number of methoxy groups -OCH3 is 2. The third-order valence-corrected chi connectivity index (χ3v) is 3.12. The maximum atomic E-state index is 11.4. The molecule has 2 aromatic rings. The highest BCUT2D eigenvalue weighted by atomic mass is 16.5. The first-order valence-corrected chi connectivity index (χ1v) is 6.97. The Morgan fingerprint density at radius 3 is 2.65 bits per heavy atom. The van der Waals surface area contributed by atoms with Crippen molar-refractivity contribution in [3.8, 4) is 11.5 Å². The van der Waals surface area contributed by atoms with Crippen LogP contribution in [0, 0.1) is 6.92 Å². The Morgan fingerprint density at radius 2 is 2.00 bits per heavy atom. The Hall–Kier alpha value is -2.90. The van der Waals surface area contributed by atoms with Crippen LogP contribution in [0.4, 0.5) is 5.95 Å². The second kappa shape index (κ2) is 7.39. The smallest absolute Gasteiger partial charge is 0.274 e. The molecule has 0 aliphatic carbocycles. The highest BCUT2D eigenvalue weighted by Crippen LogP contribution is 2.27. The van der Waals surface area contributed by atoms with E-state index in [1.807, 2.05) is 25.1 Å². The van der Waals surface area contributed by atoms with Crippen molar-refractivity contribution in [3.63, 3.8) is 0 Å². The molecule has 1 aromatic heterocycles. The molecular weight excluding hydrogens is 298 g/mol. The van der Waals surface area contributed by atoms with Crippen molar-refractivity contribution in [2.24, 2.45) is 5.10 Å². The minimum atomic E-state index is -0.296. The van der Waals surface area contributed by atoms with Crippen LogP contribution < -0.4 is 20.5 Å². The van der Waals surface area contributed by atoms with Crippen LogP contribution in [0.1, 0.15) is 18.2 Å². The second-order valence-electron chi connectivity index (χ2n) is 4.91. The molecule has 2 N–H and O–H groups in total. The highest BCUT2D eigenvalue weighted by molar-refractivity contribution is 5.84. The van der Waals surface area contributed by atoms with Crippen LogP contribution in [0.3, 0.4) is 0 Å². The number of benzene rings is 1. The van der Waals surface area contributed by atoms with Gasteiger partial charge in [0.25, 0.3) is 5.56 Å². The minimum Gasteiger partial charge on any atom is -0.493 e. The summed E-state index contributed by atoms with van der Waals surface area (Å²) < 4.78 is 10.5. The molecule has 0 unspecified atom stereocenters. The maximum absolute atomic E-state index is 11.4. The number of anilines is 1. The molecule has 8 nitrogen and oxygen atoms in total. The fraction of sp³-hybridized carbons (Fsp3) is 0.333. The molecule has 0 aliphatic heterocycles. The number of aromatic nitrogens is 3. The lowest BCUT2D eigenvalue weighted by molar-refractivity contribution is 0.354. The predicted molar refractivity (Wildman–Crippen MR) is 87.4 cm³/mol. The Labute approximate surface area is 133 Å². The Balaban J connectivity index is 2.07. The molecule has 23 heavy (non-hydrogen) atoms. The van der Waals surface area contributed by atoms with Crippen LogP contribution in [0.2, 0.25) is 0 Å². The van der Waals surface area contributed by atoms with Gasteiger partial charge in [-0.15, -0.1) is 10.2 Å². The normalized spacial score (nSPS) is 11.2. The summed E-state index contributed by atoms with van der Waals surface area (Å²) in [5.74, 6) is 1.54. The van der Waals surface area contributed by atoms with E-state index in [9.17, 15) is 4.79 Å². The van der Waals surface area contributed by atoms with Crippen molar-refractivity contribution >= 4 is 11.7 Å². The average molecular weight is 317 g/mol. The van der Waals surface area contributed by atoms with Crippen molar-refractivity contribution in [3.05, 3.63) is 39.8 Å². The lowest BCUT2D eigenvalue weighted by Gasteiger charge is -2.09. The largest absolute Gasteiger partial charge is 0.493 e. The van der Waals surface area contributed by atoms with Gasteiger partial charge in [-0.3, -0.25) is 9.78 Å². The van der Waals surface area contributed by atoms with Gasteiger partial charge in [0.05, 0.1) is 14.2 Å². The number of aryl methyl sites for hydroxylation is 1. The van der Waals surface area contributed by atoms with Gasteiger partial charge in [0.15, 0.2) is 11.5 Å². The monoisotopic (exact) mass is 317 g/mol. The van der Waals surface area contributed by atoms with E-state index in [2.05, 4.69) is 25.7 Å². The molecular formula is C15H19N5O3. The fourth-order valence-corrected chi connectivity index (χ4v) is 1.92. The van der Waals surface area contributed by atoms with Gasteiger partial charge in [0.1, 0.15) is 5.69 Å². The van der Waals surface area contributed by atoms with Gasteiger partial charge in [-0.2, -0.15) is 5.10 Å². The van der Waals surface area contributed by atoms with E-state index in [1.54, 1.807) is 21.1 Å². The lowest BCUT2D eigenvalue weighted by atomic mass is 10.1. The van der Waals surface area contributed by atoms with Crippen LogP contribution in [-0.4, -0.2) is 35.1 Å². The molecule has 122 valence electrons. The molecule has 0 fully saturated rings. The summed E-state index contributed by atoms with van der Waals surface area (Å²) in [6, 6.07) is 5.68. The summed E-state index contributed by atoms with van der Waals surface area (Å²) in [6.07, 6.45) is 0.608. The fourth-order valence-electron chi connectivity index (χ4n) is 1.92. The van der Waals surface area contributed by atoms with Crippen molar-refractivity contribution < 1.29 is 9.47 Å². The van der Waals surface area contributed by atoms with E-state index >= 15 is 0 Å². The summed E-state index contributed by atoms with van der Waals surface area (Å²) in [4.78, 5) is 14.0. The SMILES string of the molecule is COc1ccc(C/C(C)=N\Nc2nnc(C)c(=O)[nH]2)cc1OC. The number of rotatable bonds is 6. The van der Waals surface area contributed by atoms with Crippen molar-refractivity contribution in [1.82, 2.24) is 15.2 Å². The van der Waals surface area contributed by atoms with Gasteiger partial charge in [0.2, 0.25) is 5.95 Å². The van der Waals surface area contributed by atoms with Crippen LogP contribution in [0.15, 0.2) is 28.1 Å². The van der Waals surface area contributed by atoms with Crippen LogP contribution in [-0.2, 0) is 6.42 Å². The molecule has 1 aromatic carbocycles. The van der Waals surface area contributed by atoms with E-state index in [0.29, 0.717) is 23.6 Å². The predicted octanol–water partition coefficient (Wildman–Crippen LogP) is 1.52. The Morgan fingerprint density at radius 1 is 1.26 bits per heavy atom. The Kier molecular flexibility index (Phi) is 5.29.